The highest BCUT2D eigenvalue weighted by Crippen LogP contribution is 2.38. The lowest BCUT2D eigenvalue weighted by atomic mass is 10.1. The Morgan fingerprint density at radius 1 is 1.00 bits per heavy atom. The number of benzene rings is 2. The zero-order valence-electron chi connectivity index (χ0n) is 17.3. The van der Waals surface area contributed by atoms with Crippen molar-refractivity contribution in [1.29, 1.82) is 0 Å². The number of carbonyl (C=O) groups is 2. The Hall–Kier alpha value is -3.68. The molecule has 0 spiro atoms. The van der Waals surface area contributed by atoms with Crippen LogP contribution in [-0.2, 0) is 4.79 Å². The van der Waals surface area contributed by atoms with Gasteiger partial charge in [0.05, 0.1) is 33.9 Å². The van der Waals surface area contributed by atoms with E-state index in [1.165, 1.54) is 33.5 Å². The molecule has 158 valence electrons. The van der Waals surface area contributed by atoms with Gasteiger partial charge in [-0.1, -0.05) is 18.2 Å². The third-order valence-electron chi connectivity index (χ3n) is 4.59. The molecule has 1 atom stereocenters. The molecule has 2 amide bonds. The van der Waals surface area contributed by atoms with Crippen molar-refractivity contribution in [3.63, 3.8) is 0 Å². The summed E-state index contributed by atoms with van der Waals surface area (Å²) in [5.41, 5.74) is 1.03. The Labute approximate surface area is 174 Å². The van der Waals surface area contributed by atoms with Crippen LogP contribution in [0.1, 0.15) is 29.1 Å². The van der Waals surface area contributed by atoms with Gasteiger partial charge in [0.15, 0.2) is 11.5 Å². The van der Waals surface area contributed by atoms with Gasteiger partial charge in [0.25, 0.3) is 5.91 Å². The summed E-state index contributed by atoms with van der Waals surface area (Å²) in [5.74, 6) is 0.939. The lowest BCUT2D eigenvalue weighted by Gasteiger charge is -2.14. The molecule has 0 saturated heterocycles. The third kappa shape index (κ3) is 4.48. The van der Waals surface area contributed by atoms with Gasteiger partial charge in [0, 0.05) is 10.9 Å². The largest absolute Gasteiger partial charge is 0.493 e. The summed E-state index contributed by atoms with van der Waals surface area (Å²) in [6.07, 6.45) is 0. The Balaban J connectivity index is 1.62. The van der Waals surface area contributed by atoms with Gasteiger partial charge in [-0.2, -0.15) is 0 Å². The Bertz CT molecular complexity index is 1000. The van der Waals surface area contributed by atoms with Crippen molar-refractivity contribution in [3.8, 4) is 17.2 Å². The van der Waals surface area contributed by atoms with E-state index >= 15 is 0 Å². The van der Waals surface area contributed by atoms with Gasteiger partial charge in [-0.05, 0) is 31.2 Å². The number of carbonyl (C=O) groups excluding carboxylic acids is 2. The smallest absolute Gasteiger partial charge is 0.251 e. The Morgan fingerprint density at radius 2 is 1.67 bits per heavy atom. The molecule has 0 saturated carbocycles. The molecule has 8 heteroatoms. The van der Waals surface area contributed by atoms with Gasteiger partial charge in [-0.15, -0.1) is 0 Å². The fourth-order valence-corrected chi connectivity index (χ4v) is 3.05. The third-order valence-corrected chi connectivity index (χ3v) is 4.59. The maximum Gasteiger partial charge on any atom is 0.251 e. The lowest BCUT2D eigenvalue weighted by Crippen LogP contribution is -2.38. The number of furan rings is 1. The topological polar surface area (TPSA) is 99.0 Å². The van der Waals surface area contributed by atoms with E-state index in [0.717, 1.165) is 11.0 Å². The number of rotatable bonds is 8. The first-order chi connectivity index (χ1) is 14.5. The number of hydrogen-bond acceptors (Lipinski definition) is 6. The summed E-state index contributed by atoms with van der Waals surface area (Å²) in [6, 6.07) is 12.2. The highest BCUT2D eigenvalue weighted by Gasteiger charge is 2.18. The van der Waals surface area contributed by atoms with Crippen LogP contribution in [0.2, 0.25) is 0 Å². The summed E-state index contributed by atoms with van der Waals surface area (Å²) < 4.78 is 21.5. The standard InChI is InChI=1S/C22H24N2O6/c1-13(17-9-14-7-5-6-8-16(14)30-17)24-20(25)12-23-22(26)15-10-18(27-2)21(29-4)19(11-15)28-3/h5-11,13H,12H2,1-4H3,(H,23,26)(H,24,25)/t13-/m0/s1. The number of methoxy groups -OCH3 is 3. The molecule has 3 rings (SSSR count). The van der Waals surface area contributed by atoms with Crippen molar-refractivity contribution >= 4 is 22.8 Å². The number of ether oxygens (including phenoxy) is 3. The zero-order chi connectivity index (χ0) is 21.7. The first-order valence-corrected chi connectivity index (χ1v) is 9.32. The SMILES string of the molecule is COc1cc(C(=O)NCC(=O)N[C@@H](C)c2cc3ccccc3o2)cc(OC)c1OC. The van der Waals surface area contributed by atoms with Gasteiger partial charge in [0.1, 0.15) is 11.3 Å². The van der Waals surface area contributed by atoms with Crippen molar-refractivity contribution in [3.05, 3.63) is 53.8 Å². The van der Waals surface area contributed by atoms with Crippen LogP contribution in [0.4, 0.5) is 0 Å². The van der Waals surface area contributed by atoms with Crippen LogP contribution in [0.3, 0.4) is 0 Å². The molecule has 0 aliphatic heterocycles. The van der Waals surface area contributed by atoms with E-state index in [9.17, 15) is 9.59 Å². The predicted molar refractivity (Wildman–Crippen MR) is 111 cm³/mol. The molecule has 1 heterocycles. The minimum absolute atomic E-state index is 0.194. The van der Waals surface area contributed by atoms with Crippen molar-refractivity contribution in [2.24, 2.45) is 0 Å². The van der Waals surface area contributed by atoms with Crippen molar-refractivity contribution < 1.29 is 28.2 Å². The average Bonchev–Trinajstić information content (AvgIpc) is 3.20. The number of amides is 2. The summed E-state index contributed by atoms with van der Waals surface area (Å²) in [6.45, 7) is 1.62. The molecule has 0 radical (unpaired) electrons. The molecule has 0 unspecified atom stereocenters. The zero-order valence-corrected chi connectivity index (χ0v) is 17.3. The first-order valence-electron chi connectivity index (χ1n) is 9.32. The highest BCUT2D eigenvalue weighted by atomic mass is 16.5. The van der Waals surface area contributed by atoms with Crippen molar-refractivity contribution in [2.45, 2.75) is 13.0 Å². The fourth-order valence-electron chi connectivity index (χ4n) is 3.05. The van der Waals surface area contributed by atoms with Crippen LogP contribution < -0.4 is 24.8 Å². The van der Waals surface area contributed by atoms with E-state index in [2.05, 4.69) is 10.6 Å². The summed E-state index contributed by atoms with van der Waals surface area (Å²) >= 11 is 0. The normalized spacial score (nSPS) is 11.6. The number of nitrogens with one attached hydrogen (secondary N) is 2. The van der Waals surface area contributed by atoms with Gasteiger partial charge in [-0.3, -0.25) is 9.59 Å². The molecule has 0 fully saturated rings. The van der Waals surface area contributed by atoms with E-state index in [1.54, 1.807) is 0 Å². The first kappa shape index (κ1) is 21.0. The van der Waals surface area contributed by atoms with Gasteiger partial charge in [-0.25, -0.2) is 0 Å². The van der Waals surface area contributed by atoms with Crippen molar-refractivity contribution in [1.82, 2.24) is 10.6 Å². The summed E-state index contributed by atoms with van der Waals surface area (Å²) in [7, 11) is 4.41. The second-order valence-electron chi connectivity index (χ2n) is 6.57. The molecule has 0 bridgehead atoms. The molecule has 0 aliphatic rings. The van der Waals surface area contributed by atoms with E-state index in [-0.39, 0.29) is 24.1 Å². The molecular formula is C22H24N2O6. The molecular weight excluding hydrogens is 388 g/mol. The minimum Gasteiger partial charge on any atom is -0.493 e. The molecule has 1 aromatic heterocycles. The second-order valence-corrected chi connectivity index (χ2v) is 6.57. The summed E-state index contributed by atoms with van der Waals surface area (Å²) in [4.78, 5) is 24.8. The predicted octanol–water partition coefficient (Wildman–Crippen LogP) is 3.07. The highest BCUT2D eigenvalue weighted by molar-refractivity contribution is 5.97. The van der Waals surface area contributed by atoms with Crippen molar-refractivity contribution in [2.75, 3.05) is 27.9 Å². The molecule has 2 aromatic carbocycles. The Kier molecular flexibility index (Phi) is 6.46. The average molecular weight is 412 g/mol. The van der Waals surface area contributed by atoms with E-state index < -0.39 is 5.91 Å². The summed E-state index contributed by atoms with van der Waals surface area (Å²) in [5, 5.41) is 6.36. The molecule has 8 nitrogen and oxygen atoms in total. The maximum absolute atomic E-state index is 12.5. The monoisotopic (exact) mass is 412 g/mol. The van der Waals surface area contributed by atoms with Crippen LogP contribution in [0, 0.1) is 0 Å². The molecule has 2 N–H and O–H groups in total. The van der Waals surface area contributed by atoms with Gasteiger partial charge < -0.3 is 29.3 Å². The van der Waals surface area contributed by atoms with Gasteiger partial charge in [0.2, 0.25) is 11.7 Å². The number of fused-ring (bicyclic) bond motifs is 1. The molecule has 3 aromatic rings. The van der Waals surface area contributed by atoms with Crippen LogP contribution in [-0.4, -0.2) is 39.7 Å². The lowest BCUT2D eigenvalue weighted by molar-refractivity contribution is -0.120. The van der Waals surface area contributed by atoms with Crippen LogP contribution >= 0.6 is 0 Å². The fraction of sp³-hybridized carbons (Fsp3) is 0.273. The number of para-hydroxylation sites is 1. The number of hydrogen-bond donors (Lipinski definition) is 2. The van der Waals surface area contributed by atoms with Crippen LogP contribution in [0.15, 0.2) is 46.9 Å². The second kappa shape index (κ2) is 9.21. The molecule has 30 heavy (non-hydrogen) atoms. The van der Waals surface area contributed by atoms with Gasteiger partial charge >= 0.3 is 0 Å². The molecule has 0 aliphatic carbocycles. The maximum atomic E-state index is 12.5. The van der Waals surface area contributed by atoms with Crippen LogP contribution in [0.5, 0.6) is 17.2 Å². The van der Waals surface area contributed by atoms with E-state index in [4.69, 9.17) is 18.6 Å². The Morgan fingerprint density at radius 3 is 2.27 bits per heavy atom. The van der Waals surface area contributed by atoms with E-state index in [0.29, 0.717) is 23.0 Å². The minimum atomic E-state index is -0.444. The quantitative estimate of drug-likeness (QED) is 0.590. The van der Waals surface area contributed by atoms with E-state index in [1.807, 2.05) is 37.3 Å². The van der Waals surface area contributed by atoms with Crippen LogP contribution in [0.25, 0.3) is 11.0 Å².